The van der Waals surface area contributed by atoms with Crippen LogP contribution >= 0.6 is 0 Å². The number of oxazole rings is 1. The molecule has 0 saturated carbocycles. The van der Waals surface area contributed by atoms with Crippen molar-refractivity contribution < 1.29 is 33.0 Å². The summed E-state index contributed by atoms with van der Waals surface area (Å²) < 4.78 is 21.4. The van der Waals surface area contributed by atoms with Crippen LogP contribution in [0.3, 0.4) is 0 Å². The van der Waals surface area contributed by atoms with Gasteiger partial charge in [0.05, 0.1) is 37.6 Å². The van der Waals surface area contributed by atoms with E-state index in [1.54, 1.807) is 71.2 Å². The Kier molecular flexibility index (Phi) is 8.89. The molecule has 0 fully saturated rings. The van der Waals surface area contributed by atoms with Crippen LogP contribution in [0.25, 0.3) is 11.3 Å². The number of hydrogen-bond donors (Lipinski definition) is 2. The second-order valence-corrected chi connectivity index (χ2v) is 9.00. The highest BCUT2D eigenvalue weighted by molar-refractivity contribution is 6.03. The maximum Gasteiger partial charge on any atom is 0.408 e. The zero-order valence-electron chi connectivity index (χ0n) is 21.5. The van der Waals surface area contributed by atoms with Gasteiger partial charge in [0.2, 0.25) is 5.91 Å². The molecule has 0 saturated heterocycles. The Hall–Kier alpha value is -4.34. The molecule has 1 unspecified atom stereocenters. The standard InChI is InChI=1S/C27H31N3O7/c1-6-35-25(32)19-9-7-8-10-20(19)29-24(31)21(30-26(33)37-27(2,3)4)15-23-28-16-22(36-23)17-11-13-18(34-5)14-12-17/h7-14,16,21H,6,15H2,1-5H3,(H,29,31)(H,30,33). The van der Waals surface area contributed by atoms with E-state index in [1.807, 2.05) is 12.1 Å². The van der Waals surface area contributed by atoms with Gasteiger partial charge in [-0.3, -0.25) is 4.79 Å². The van der Waals surface area contributed by atoms with Gasteiger partial charge in [-0.25, -0.2) is 14.6 Å². The predicted molar refractivity (Wildman–Crippen MR) is 136 cm³/mol. The zero-order valence-corrected chi connectivity index (χ0v) is 21.5. The van der Waals surface area contributed by atoms with Gasteiger partial charge in [-0.1, -0.05) is 12.1 Å². The number of carbonyl (C=O) groups excluding carboxylic acids is 3. The third-order valence-corrected chi connectivity index (χ3v) is 4.99. The number of nitrogens with one attached hydrogen (secondary N) is 2. The molecule has 0 aliphatic heterocycles. The minimum absolute atomic E-state index is 0.0667. The number of esters is 1. The Balaban J connectivity index is 1.82. The number of rotatable bonds is 9. The number of para-hydroxylation sites is 1. The molecular formula is C27H31N3O7. The van der Waals surface area contributed by atoms with Crippen LogP contribution in [0.1, 0.15) is 43.9 Å². The van der Waals surface area contributed by atoms with Gasteiger partial charge in [0.25, 0.3) is 0 Å². The highest BCUT2D eigenvalue weighted by Crippen LogP contribution is 2.24. The number of nitrogens with zero attached hydrogens (tertiary/aromatic N) is 1. The largest absolute Gasteiger partial charge is 0.497 e. The molecule has 0 aliphatic rings. The summed E-state index contributed by atoms with van der Waals surface area (Å²) in [5.41, 5.74) is 0.426. The molecule has 0 radical (unpaired) electrons. The number of hydrogen-bond acceptors (Lipinski definition) is 8. The number of ether oxygens (including phenoxy) is 3. The van der Waals surface area contributed by atoms with Gasteiger partial charge >= 0.3 is 12.1 Å². The lowest BCUT2D eigenvalue weighted by Gasteiger charge is -2.23. The average Bonchev–Trinajstić information content (AvgIpc) is 3.31. The quantitative estimate of drug-likeness (QED) is 0.401. The molecule has 1 atom stereocenters. The summed E-state index contributed by atoms with van der Waals surface area (Å²) in [6.07, 6.45) is 0.687. The Morgan fingerprint density at radius 3 is 2.41 bits per heavy atom. The third-order valence-electron chi connectivity index (χ3n) is 4.99. The van der Waals surface area contributed by atoms with Crippen LogP contribution in [0.4, 0.5) is 10.5 Å². The number of aromatic nitrogens is 1. The summed E-state index contributed by atoms with van der Waals surface area (Å²) in [6, 6.07) is 12.5. The third kappa shape index (κ3) is 7.83. The van der Waals surface area contributed by atoms with Crippen LogP contribution in [0.5, 0.6) is 5.75 Å². The van der Waals surface area contributed by atoms with Gasteiger partial charge < -0.3 is 29.3 Å². The SMILES string of the molecule is CCOC(=O)c1ccccc1NC(=O)C(Cc1ncc(-c2ccc(OC)cc2)o1)NC(=O)OC(C)(C)C. The van der Waals surface area contributed by atoms with Gasteiger partial charge in [-0.15, -0.1) is 0 Å². The first-order chi connectivity index (χ1) is 17.6. The van der Waals surface area contributed by atoms with Crippen molar-refractivity contribution in [2.45, 2.75) is 45.8 Å². The zero-order chi connectivity index (χ0) is 27.0. The fourth-order valence-electron chi connectivity index (χ4n) is 3.33. The molecule has 37 heavy (non-hydrogen) atoms. The molecule has 196 valence electrons. The highest BCUT2D eigenvalue weighted by Gasteiger charge is 2.27. The van der Waals surface area contributed by atoms with Gasteiger partial charge in [0.15, 0.2) is 11.7 Å². The Bertz CT molecular complexity index is 1230. The maximum absolute atomic E-state index is 13.3. The van der Waals surface area contributed by atoms with Crippen molar-refractivity contribution in [3.05, 3.63) is 66.2 Å². The van der Waals surface area contributed by atoms with Crippen molar-refractivity contribution in [3.63, 3.8) is 0 Å². The van der Waals surface area contributed by atoms with Gasteiger partial charge in [-0.2, -0.15) is 0 Å². The number of alkyl carbamates (subject to hydrolysis) is 1. The molecule has 10 heteroatoms. The first-order valence-electron chi connectivity index (χ1n) is 11.7. The van der Waals surface area contributed by atoms with Crippen molar-refractivity contribution in [2.24, 2.45) is 0 Å². The van der Waals surface area contributed by atoms with Crippen LogP contribution in [0.2, 0.25) is 0 Å². The van der Waals surface area contributed by atoms with E-state index < -0.39 is 29.6 Å². The molecular weight excluding hydrogens is 478 g/mol. The molecule has 3 aromatic rings. The number of carbonyl (C=O) groups is 3. The van der Waals surface area contributed by atoms with Gasteiger partial charge in [0, 0.05) is 5.56 Å². The van der Waals surface area contributed by atoms with E-state index in [4.69, 9.17) is 18.6 Å². The van der Waals surface area contributed by atoms with E-state index >= 15 is 0 Å². The predicted octanol–water partition coefficient (Wildman–Crippen LogP) is 4.60. The first-order valence-corrected chi connectivity index (χ1v) is 11.7. The van der Waals surface area contributed by atoms with Crippen LogP contribution in [-0.4, -0.2) is 48.3 Å². The fourth-order valence-corrected chi connectivity index (χ4v) is 3.33. The van der Waals surface area contributed by atoms with E-state index in [0.29, 0.717) is 11.5 Å². The second-order valence-electron chi connectivity index (χ2n) is 9.00. The fraction of sp³-hybridized carbons (Fsp3) is 0.333. The second kappa shape index (κ2) is 12.1. The smallest absolute Gasteiger partial charge is 0.408 e. The Morgan fingerprint density at radius 2 is 1.76 bits per heavy atom. The van der Waals surface area contributed by atoms with Crippen molar-refractivity contribution in [1.29, 1.82) is 0 Å². The van der Waals surface area contributed by atoms with Crippen LogP contribution in [-0.2, 0) is 20.7 Å². The highest BCUT2D eigenvalue weighted by atomic mass is 16.6. The summed E-state index contributed by atoms with van der Waals surface area (Å²) in [5.74, 6) is 0.242. The lowest BCUT2D eigenvalue weighted by molar-refractivity contribution is -0.118. The number of methoxy groups -OCH3 is 1. The molecule has 2 aromatic carbocycles. The Labute approximate surface area is 215 Å². The molecule has 1 heterocycles. The molecule has 1 aromatic heterocycles. The average molecular weight is 510 g/mol. The lowest BCUT2D eigenvalue weighted by atomic mass is 10.1. The van der Waals surface area contributed by atoms with Crippen LogP contribution in [0.15, 0.2) is 59.1 Å². The summed E-state index contributed by atoms with van der Waals surface area (Å²) in [5, 5.41) is 5.27. The van der Waals surface area contributed by atoms with E-state index in [1.165, 1.54) is 6.20 Å². The molecule has 0 aliphatic carbocycles. The molecule has 3 rings (SSSR count). The van der Waals surface area contributed by atoms with E-state index in [0.717, 1.165) is 5.56 Å². The lowest BCUT2D eigenvalue weighted by Crippen LogP contribution is -2.47. The molecule has 2 N–H and O–H groups in total. The van der Waals surface area contributed by atoms with Crippen molar-refractivity contribution in [3.8, 4) is 17.1 Å². The number of anilines is 1. The normalized spacial score (nSPS) is 11.8. The van der Waals surface area contributed by atoms with Crippen molar-refractivity contribution in [1.82, 2.24) is 10.3 Å². The monoisotopic (exact) mass is 509 g/mol. The van der Waals surface area contributed by atoms with Crippen LogP contribution < -0.4 is 15.4 Å². The van der Waals surface area contributed by atoms with E-state index in [2.05, 4.69) is 15.6 Å². The minimum Gasteiger partial charge on any atom is -0.497 e. The van der Waals surface area contributed by atoms with E-state index in [-0.39, 0.29) is 30.2 Å². The molecule has 0 spiro atoms. The van der Waals surface area contributed by atoms with E-state index in [9.17, 15) is 14.4 Å². The number of benzene rings is 2. The van der Waals surface area contributed by atoms with Gasteiger partial charge in [-0.05, 0) is 64.1 Å². The summed E-state index contributed by atoms with van der Waals surface area (Å²) in [4.78, 5) is 42.4. The first kappa shape index (κ1) is 27.3. The minimum atomic E-state index is -1.12. The van der Waals surface area contributed by atoms with Crippen molar-refractivity contribution >= 4 is 23.7 Å². The molecule has 2 amide bonds. The summed E-state index contributed by atoms with van der Waals surface area (Å²) in [6.45, 7) is 7.02. The summed E-state index contributed by atoms with van der Waals surface area (Å²) in [7, 11) is 1.58. The van der Waals surface area contributed by atoms with Crippen LogP contribution in [0, 0.1) is 0 Å². The maximum atomic E-state index is 13.3. The molecule has 10 nitrogen and oxygen atoms in total. The summed E-state index contributed by atoms with van der Waals surface area (Å²) >= 11 is 0. The van der Waals surface area contributed by atoms with Gasteiger partial charge in [0.1, 0.15) is 17.4 Å². The Morgan fingerprint density at radius 1 is 1.05 bits per heavy atom. The molecule has 0 bridgehead atoms. The van der Waals surface area contributed by atoms with Crippen molar-refractivity contribution in [2.75, 3.05) is 19.0 Å². The number of amides is 2. The topological polar surface area (TPSA) is 129 Å².